The number of aliphatic carboxylic acids is 2. The molecule has 0 bridgehead atoms. The van der Waals surface area contributed by atoms with Crippen LogP contribution in [0.25, 0.3) is 0 Å². The van der Waals surface area contributed by atoms with Gasteiger partial charge in [-0.25, -0.2) is 0 Å². The van der Waals surface area contributed by atoms with E-state index in [4.69, 9.17) is 10.2 Å². The second-order valence-corrected chi connectivity index (χ2v) is 5.70. The maximum Gasteiger partial charge on any atom is 0.309 e. The molecule has 0 aromatic heterocycles. The van der Waals surface area contributed by atoms with Crippen molar-refractivity contribution in [3.05, 3.63) is 0 Å². The number of piperidine rings is 1. The summed E-state index contributed by atoms with van der Waals surface area (Å²) < 4.78 is 0. The fraction of sp³-hybridized carbons (Fsp3) is 0.769. The lowest BCUT2D eigenvalue weighted by atomic mass is 9.84. The molecular formula is C13H20N2O5. The van der Waals surface area contributed by atoms with Gasteiger partial charge in [0.05, 0.1) is 17.8 Å². The molecule has 2 aliphatic rings. The molecule has 0 saturated carbocycles. The van der Waals surface area contributed by atoms with Gasteiger partial charge >= 0.3 is 11.9 Å². The van der Waals surface area contributed by atoms with Gasteiger partial charge in [0.15, 0.2) is 0 Å². The van der Waals surface area contributed by atoms with Crippen LogP contribution in [0.5, 0.6) is 0 Å². The van der Waals surface area contributed by atoms with Crippen LogP contribution in [0, 0.1) is 23.7 Å². The third kappa shape index (κ3) is 2.77. The minimum atomic E-state index is -1.15. The van der Waals surface area contributed by atoms with Crippen molar-refractivity contribution in [2.45, 2.75) is 13.3 Å². The summed E-state index contributed by atoms with van der Waals surface area (Å²) in [7, 11) is 0. The number of carbonyl (C=O) groups excluding carboxylic acids is 1. The first-order chi connectivity index (χ1) is 9.41. The first-order valence-corrected chi connectivity index (χ1v) is 6.87. The summed E-state index contributed by atoms with van der Waals surface area (Å²) in [5.41, 5.74) is 0. The van der Waals surface area contributed by atoms with Gasteiger partial charge in [-0.2, -0.15) is 0 Å². The van der Waals surface area contributed by atoms with Crippen molar-refractivity contribution in [2.24, 2.45) is 23.7 Å². The Balaban J connectivity index is 2.06. The highest BCUT2D eigenvalue weighted by molar-refractivity contribution is 5.84. The van der Waals surface area contributed by atoms with Crippen LogP contribution in [0.4, 0.5) is 0 Å². The maximum atomic E-state index is 12.4. The highest BCUT2D eigenvalue weighted by atomic mass is 16.4. The molecule has 0 radical (unpaired) electrons. The zero-order valence-corrected chi connectivity index (χ0v) is 11.4. The molecule has 2 heterocycles. The molecule has 2 aliphatic heterocycles. The van der Waals surface area contributed by atoms with Crippen molar-refractivity contribution < 1.29 is 24.6 Å². The SMILES string of the molecule is C[C@@H]1CNC[C@H]1C(=O)N1CCC(C(=O)O)C(C(=O)O)C1. The van der Waals surface area contributed by atoms with Crippen LogP contribution >= 0.6 is 0 Å². The van der Waals surface area contributed by atoms with Crippen LogP contribution in [-0.4, -0.2) is 59.1 Å². The molecule has 20 heavy (non-hydrogen) atoms. The topological polar surface area (TPSA) is 107 Å². The van der Waals surface area contributed by atoms with Gasteiger partial charge in [0.1, 0.15) is 0 Å². The lowest BCUT2D eigenvalue weighted by Gasteiger charge is -2.36. The van der Waals surface area contributed by atoms with E-state index in [9.17, 15) is 14.4 Å². The highest BCUT2D eigenvalue weighted by Gasteiger charge is 2.42. The number of carbonyl (C=O) groups is 3. The van der Waals surface area contributed by atoms with E-state index in [1.54, 1.807) is 0 Å². The lowest BCUT2D eigenvalue weighted by Crippen LogP contribution is -2.51. The Bertz CT molecular complexity index is 425. The van der Waals surface area contributed by atoms with Gasteiger partial charge in [0.2, 0.25) is 5.91 Å². The minimum absolute atomic E-state index is 0.00560. The van der Waals surface area contributed by atoms with Crippen LogP contribution in [0.1, 0.15) is 13.3 Å². The first-order valence-electron chi connectivity index (χ1n) is 6.87. The Morgan fingerprint density at radius 2 is 1.70 bits per heavy atom. The van der Waals surface area contributed by atoms with Gasteiger partial charge in [-0.3, -0.25) is 14.4 Å². The standard InChI is InChI=1S/C13H20N2O5/c1-7-4-14-5-9(7)11(16)15-3-2-8(12(17)18)10(6-15)13(19)20/h7-10,14H,2-6H2,1H3,(H,17,18)(H,19,20)/t7-,8?,9-,10?/m1/s1. The molecule has 0 aromatic rings. The molecule has 0 aliphatic carbocycles. The number of likely N-dealkylation sites (tertiary alicyclic amines) is 1. The average molecular weight is 284 g/mol. The van der Waals surface area contributed by atoms with Crippen LogP contribution in [0.2, 0.25) is 0 Å². The molecule has 7 nitrogen and oxygen atoms in total. The molecule has 4 atom stereocenters. The smallest absolute Gasteiger partial charge is 0.309 e. The highest BCUT2D eigenvalue weighted by Crippen LogP contribution is 2.27. The molecule has 2 unspecified atom stereocenters. The van der Waals surface area contributed by atoms with Gasteiger partial charge in [-0.1, -0.05) is 6.92 Å². The molecule has 7 heteroatoms. The predicted molar refractivity (Wildman–Crippen MR) is 69.0 cm³/mol. The molecule has 3 N–H and O–H groups in total. The lowest BCUT2D eigenvalue weighted by molar-refractivity contribution is -0.159. The normalized spacial score (nSPS) is 34.0. The van der Waals surface area contributed by atoms with E-state index in [0.717, 1.165) is 6.54 Å². The van der Waals surface area contributed by atoms with E-state index in [1.807, 2.05) is 6.92 Å². The Hall–Kier alpha value is -1.63. The van der Waals surface area contributed by atoms with E-state index < -0.39 is 23.8 Å². The van der Waals surface area contributed by atoms with Crippen LogP contribution in [0.3, 0.4) is 0 Å². The Morgan fingerprint density at radius 1 is 1.05 bits per heavy atom. The van der Waals surface area contributed by atoms with Crippen molar-refractivity contribution in [1.29, 1.82) is 0 Å². The number of amides is 1. The molecule has 2 saturated heterocycles. The van der Waals surface area contributed by atoms with Crippen molar-refractivity contribution in [1.82, 2.24) is 10.2 Å². The summed E-state index contributed by atoms with van der Waals surface area (Å²) in [6.07, 6.45) is 0.201. The summed E-state index contributed by atoms with van der Waals surface area (Å²) in [4.78, 5) is 36.2. The second kappa shape index (κ2) is 5.78. The molecule has 112 valence electrons. The van der Waals surface area contributed by atoms with Gasteiger partial charge in [-0.05, 0) is 18.9 Å². The molecule has 0 aromatic carbocycles. The third-order valence-corrected chi connectivity index (χ3v) is 4.39. The number of carboxylic acid groups (broad SMARTS) is 2. The van der Waals surface area contributed by atoms with E-state index in [0.29, 0.717) is 13.1 Å². The Kier molecular flexibility index (Phi) is 4.27. The number of nitrogens with one attached hydrogen (secondary N) is 1. The number of nitrogens with zero attached hydrogens (tertiary/aromatic N) is 1. The summed E-state index contributed by atoms with van der Waals surface area (Å²) in [5, 5.41) is 21.4. The first kappa shape index (κ1) is 14.8. The fourth-order valence-corrected chi connectivity index (χ4v) is 3.07. The zero-order valence-electron chi connectivity index (χ0n) is 11.4. The van der Waals surface area contributed by atoms with Crippen LogP contribution in [0.15, 0.2) is 0 Å². The minimum Gasteiger partial charge on any atom is -0.481 e. The van der Waals surface area contributed by atoms with Crippen LogP contribution < -0.4 is 5.32 Å². The van der Waals surface area contributed by atoms with E-state index in [-0.39, 0.29) is 30.7 Å². The molecule has 2 rings (SSSR count). The Labute approximate surface area is 116 Å². The summed E-state index contributed by atoms with van der Waals surface area (Å²) in [6.45, 7) is 3.69. The van der Waals surface area contributed by atoms with Crippen molar-refractivity contribution >= 4 is 17.8 Å². The maximum absolute atomic E-state index is 12.4. The van der Waals surface area contributed by atoms with Crippen molar-refractivity contribution in [3.8, 4) is 0 Å². The van der Waals surface area contributed by atoms with Crippen molar-refractivity contribution in [3.63, 3.8) is 0 Å². The van der Waals surface area contributed by atoms with Gasteiger partial charge in [0.25, 0.3) is 0 Å². The van der Waals surface area contributed by atoms with Crippen LogP contribution in [-0.2, 0) is 14.4 Å². The Morgan fingerprint density at radius 3 is 2.20 bits per heavy atom. The summed E-state index contributed by atoms with van der Waals surface area (Å²) >= 11 is 0. The predicted octanol–water partition coefficient (Wildman–Crippen LogP) is -0.524. The average Bonchev–Trinajstić information content (AvgIpc) is 2.83. The number of carboxylic acids is 2. The van der Waals surface area contributed by atoms with Gasteiger partial charge in [0, 0.05) is 19.6 Å². The largest absolute Gasteiger partial charge is 0.481 e. The monoisotopic (exact) mass is 284 g/mol. The van der Waals surface area contributed by atoms with Gasteiger partial charge < -0.3 is 20.4 Å². The van der Waals surface area contributed by atoms with Crippen molar-refractivity contribution in [2.75, 3.05) is 26.2 Å². The van der Waals surface area contributed by atoms with E-state index in [2.05, 4.69) is 5.32 Å². The van der Waals surface area contributed by atoms with E-state index in [1.165, 1.54) is 4.90 Å². The quantitative estimate of drug-likeness (QED) is 0.643. The van der Waals surface area contributed by atoms with Gasteiger partial charge in [-0.15, -0.1) is 0 Å². The molecule has 0 spiro atoms. The second-order valence-electron chi connectivity index (χ2n) is 5.70. The molecule has 2 fully saturated rings. The summed E-state index contributed by atoms with van der Waals surface area (Å²) in [5.74, 6) is -4.13. The number of hydrogen-bond donors (Lipinski definition) is 3. The third-order valence-electron chi connectivity index (χ3n) is 4.39. The number of hydrogen-bond acceptors (Lipinski definition) is 4. The fourth-order valence-electron chi connectivity index (χ4n) is 3.07. The summed E-state index contributed by atoms with van der Waals surface area (Å²) in [6, 6.07) is 0. The molecular weight excluding hydrogens is 264 g/mol. The zero-order chi connectivity index (χ0) is 14.9. The molecule has 1 amide bonds. The number of rotatable bonds is 3. The van der Waals surface area contributed by atoms with E-state index >= 15 is 0 Å².